The summed E-state index contributed by atoms with van der Waals surface area (Å²) in [4.78, 5) is 41.7. The lowest BCUT2D eigenvalue weighted by Gasteiger charge is -2.48. The molecule has 4 N–H and O–H groups in total. The number of urea groups is 1. The molecule has 2 heterocycles. The number of carbonyl (C=O) groups is 3. The van der Waals surface area contributed by atoms with Gasteiger partial charge in [0.25, 0.3) is 0 Å². The number of carboxylic acid groups (broad SMARTS) is 1. The molecular weight excluding hydrogens is 595 g/mol. The minimum Gasteiger partial charge on any atom is -0.481 e. The summed E-state index contributed by atoms with van der Waals surface area (Å²) in [6.07, 6.45) is 13.1. The molecule has 1 fully saturated rings. The van der Waals surface area contributed by atoms with Gasteiger partial charge in [0.2, 0.25) is 5.91 Å². The molecule has 254 valence electrons. The molecule has 1 aromatic carbocycles. The fourth-order valence-electron chi connectivity index (χ4n) is 7.36. The van der Waals surface area contributed by atoms with Gasteiger partial charge >= 0.3 is 12.0 Å². The first-order chi connectivity index (χ1) is 21.8. The van der Waals surface area contributed by atoms with Gasteiger partial charge in [0.15, 0.2) is 5.82 Å². The Morgan fingerprint density at radius 1 is 1.00 bits per heavy atom. The molecule has 1 aliphatic heterocycles. The van der Waals surface area contributed by atoms with Gasteiger partial charge in [0.1, 0.15) is 0 Å². The van der Waals surface area contributed by atoms with Crippen LogP contribution in [0, 0.1) is 5.92 Å². The average Bonchev–Trinajstić information content (AvgIpc) is 3.49. The number of aromatic amines is 1. The Balaban J connectivity index is 1.43. The van der Waals surface area contributed by atoms with E-state index in [-0.39, 0.29) is 17.0 Å². The Hall–Kier alpha value is -3.14. The molecular formula is C36H57N5O4Si. The molecule has 2 aromatic rings. The maximum absolute atomic E-state index is 14.0. The number of H-pyrrole nitrogens is 1. The summed E-state index contributed by atoms with van der Waals surface area (Å²) in [5.41, 5.74) is 1.82. The van der Waals surface area contributed by atoms with Crippen molar-refractivity contribution in [1.29, 1.82) is 0 Å². The normalized spacial score (nSPS) is 17.9. The highest BCUT2D eigenvalue weighted by atomic mass is 28.3. The number of hydrogen-bond donors (Lipinski definition) is 4. The van der Waals surface area contributed by atoms with Crippen LogP contribution in [0.4, 0.5) is 10.6 Å². The lowest BCUT2D eigenvalue weighted by molar-refractivity contribution is -0.142. The molecule has 9 nitrogen and oxygen atoms in total. The van der Waals surface area contributed by atoms with Gasteiger partial charge in [-0.2, -0.15) is 5.10 Å². The lowest BCUT2D eigenvalue weighted by atomic mass is 9.83. The smallest absolute Gasteiger partial charge is 0.318 e. The second-order valence-electron chi connectivity index (χ2n) is 15.2. The Bertz CT molecular complexity index is 1330. The van der Waals surface area contributed by atoms with E-state index in [0.717, 1.165) is 55.3 Å². The van der Waals surface area contributed by atoms with Crippen molar-refractivity contribution in [3.63, 3.8) is 0 Å². The Labute approximate surface area is 276 Å². The van der Waals surface area contributed by atoms with E-state index in [4.69, 9.17) is 0 Å². The number of fused-ring (bicyclic) bond motifs is 1. The lowest BCUT2D eigenvalue weighted by Crippen LogP contribution is -2.52. The van der Waals surface area contributed by atoms with Gasteiger partial charge < -0.3 is 20.6 Å². The third-order valence-electron chi connectivity index (χ3n) is 10.8. The molecule has 2 aliphatic rings. The number of rotatable bonds is 17. The number of aliphatic carboxylic acids is 1. The highest BCUT2D eigenvalue weighted by Crippen LogP contribution is 2.56. The number of nitrogens with zero attached hydrogens (tertiary/aromatic N) is 2. The Morgan fingerprint density at radius 2 is 1.63 bits per heavy atom. The maximum atomic E-state index is 14.0. The van der Waals surface area contributed by atoms with Gasteiger partial charge in [-0.3, -0.25) is 14.7 Å². The zero-order chi connectivity index (χ0) is 33.5. The average molecular weight is 652 g/mol. The van der Waals surface area contributed by atoms with Crippen molar-refractivity contribution in [3.8, 4) is 0 Å². The molecule has 0 radical (unpaired) electrons. The van der Waals surface area contributed by atoms with Crippen molar-refractivity contribution >= 4 is 31.8 Å². The standard InChI is InChI=1S/C36H57N5O4Si/c1-7-8-9-10-11-12-13-15-21-27(32(42)43)24-29(26-19-16-14-17-20-26)37-34(45)41-25-28-30(35(41,2)3)39-40-31(28)38-33(44)36(22-18-23-36)46(4,5)6/h14,16-17,19-20,27,29H,7-13,15,18,21-25H2,1-6H3,(H,37,45)(H,42,43)(H2,38,39,40,44)/t27-,29?/m0/s1. The van der Waals surface area contributed by atoms with Gasteiger partial charge in [0.05, 0.1) is 37.8 Å². The van der Waals surface area contributed by atoms with Crippen LogP contribution in [0.2, 0.25) is 24.7 Å². The summed E-state index contributed by atoms with van der Waals surface area (Å²) in [5, 5.41) is 23.8. The van der Waals surface area contributed by atoms with E-state index >= 15 is 0 Å². The summed E-state index contributed by atoms with van der Waals surface area (Å²) >= 11 is 0. The third kappa shape index (κ3) is 7.86. The molecule has 1 aliphatic carbocycles. The highest BCUT2D eigenvalue weighted by Gasteiger charge is 2.54. The molecule has 0 saturated heterocycles. The van der Waals surface area contributed by atoms with Gasteiger partial charge in [-0.1, -0.05) is 115 Å². The molecule has 1 unspecified atom stereocenters. The van der Waals surface area contributed by atoms with Crippen LogP contribution in [0.5, 0.6) is 0 Å². The van der Waals surface area contributed by atoms with Crippen molar-refractivity contribution in [2.45, 2.75) is 147 Å². The maximum Gasteiger partial charge on any atom is 0.318 e. The van der Waals surface area contributed by atoms with E-state index in [2.05, 4.69) is 47.4 Å². The minimum absolute atomic E-state index is 0.0493. The Kier molecular flexibility index (Phi) is 11.8. The highest BCUT2D eigenvalue weighted by molar-refractivity contribution is 6.83. The van der Waals surface area contributed by atoms with Crippen LogP contribution in [0.3, 0.4) is 0 Å². The molecule has 0 bridgehead atoms. The molecule has 0 spiro atoms. The third-order valence-corrected chi connectivity index (χ3v) is 14.4. The van der Waals surface area contributed by atoms with Crippen LogP contribution in [-0.2, 0) is 21.7 Å². The van der Waals surface area contributed by atoms with Crippen LogP contribution in [-0.4, -0.2) is 46.2 Å². The molecule has 3 amide bonds. The summed E-state index contributed by atoms with van der Waals surface area (Å²) in [6, 6.07) is 8.94. The minimum atomic E-state index is -1.76. The predicted molar refractivity (Wildman–Crippen MR) is 186 cm³/mol. The van der Waals surface area contributed by atoms with Crippen molar-refractivity contribution < 1.29 is 19.5 Å². The Morgan fingerprint density at radius 3 is 2.20 bits per heavy atom. The first kappa shape index (κ1) is 35.7. The van der Waals surface area contributed by atoms with E-state index in [0.29, 0.717) is 25.2 Å². The van der Waals surface area contributed by atoms with Crippen molar-refractivity contribution in [2.24, 2.45) is 5.92 Å². The zero-order valence-electron chi connectivity index (χ0n) is 29.0. The number of hydrogen-bond acceptors (Lipinski definition) is 4. The molecule has 1 saturated carbocycles. The quantitative estimate of drug-likeness (QED) is 0.100. The number of anilines is 1. The number of carboxylic acids is 1. The summed E-state index contributed by atoms with van der Waals surface area (Å²) in [7, 11) is -1.76. The first-order valence-corrected chi connectivity index (χ1v) is 21.1. The van der Waals surface area contributed by atoms with Crippen LogP contribution >= 0.6 is 0 Å². The zero-order valence-corrected chi connectivity index (χ0v) is 30.0. The van der Waals surface area contributed by atoms with Crippen LogP contribution in [0.25, 0.3) is 0 Å². The summed E-state index contributed by atoms with van der Waals surface area (Å²) in [6.45, 7) is 13.2. The summed E-state index contributed by atoms with van der Waals surface area (Å²) in [5.74, 6) is -0.818. The monoisotopic (exact) mass is 651 g/mol. The second-order valence-corrected chi connectivity index (χ2v) is 20.6. The number of aromatic nitrogens is 2. The SMILES string of the molecule is CCCCCCCCCC[C@@H](CC(NC(=O)N1Cc2c(NC(=O)C3([Si](C)(C)C)CCC3)n[nH]c2C1(C)C)c1ccccc1)C(=O)O. The van der Waals surface area contributed by atoms with Crippen molar-refractivity contribution in [2.75, 3.05) is 5.32 Å². The van der Waals surface area contributed by atoms with Gasteiger partial charge in [-0.05, 0) is 45.1 Å². The molecule has 46 heavy (non-hydrogen) atoms. The molecule has 4 rings (SSSR count). The number of amides is 3. The number of unbranched alkanes of at least 4 members (excludes halogenated alkanes) is 7. The summed E-state index contributed by atoms with van der Waals surface area (Å²) < 4.78 is 0. The predicted octanol–water partition coefficient (Wildman–Crippen LogP) is 8.73. The topological polar surface area (TPSA) is 127 Å². The van der Waals surface area contributed by atoms with E-state index in [9.17, 15) is 19.5 Å². The number of benzene rings is 1. The van der Waals surface area contributed by atoms with Crippen LogP contribution in [0.15, 0.2) is 30.3 Å². The van der Waals surface area contributed by atoms with E-state index < -0.39 is 31.5 Å². The van der Waals surface area contributed by atoms with Crippen molar-refractivity contribution in [1.82, 2.24) is 20.4 Å². The van der Waals surface area contributed by atoms with Crippen LogP contribution < -0.4 is 10.6 Å². The fourth-order valence-corrected chi connectivity index (χ4v) is 9.96. The molecule has 2 atom stereocenters. The van der Waals surface area contributed by atoms with E-state index in [1.807, 2.05) is 44.2 Å². The van der Waals surface area contributed by atoms with Gasteiger partial charge in [-0.25, -0.2) is 4.79 Å². The largest absolute Gasteiger partial charge is 0.481 e. The molecule has 1 aromatic heterocycles. The van der Waals surface area contributed by atoms with E-state index in [1.54, 1.807) is 4.90 Å². The second kappa shape index (κ2) is 15.2. The fraction of sp³-hybridized carbons (Fsp3) is 0.667. The number of carbonyl (C=O) groups excluding carboxylic acids is 2. The van der Waals surface area contributed by atoms with Gasteiger partial charge in [-0.15, -0.1) is 0 Å². The van der Waals surface area contributed by atoms with Gasteiger partial charge in [0, 0.05) is 10.6 Å². The van der Waals surface area contributed by atoms with E-state index in [1.165, 1.54) is 32.1 Å². The first-order valence-electron chi connectivity index (χ1n) is 17.6. The molecule has 10 heteroatoms. The number of nitrogens with one attached hydrogen (secondary N) is 3. The van der Waals surface area contributed by atoms with Crippen LogP contribution in [0.1, 0.15) is 127 Å². The van der Waals surface area contributed by atoms with Crippen molar-refractivity contribution in [3.05, 3.63) is 47.2 Å².